The van der Waals surface area contributed by atoms with E-state index in [-0.39, 0.29) is 17.3 Å². The minimum Gasteiger partial charge on any atom is -0.500 e. The van der Waals surface area contributed by atoms with Crippen LogP contribution in [0.1, 0.15) is 28.4 Å². The van der Waals surface area contributed by atoms with Crippen LogP contribution in [-0.4, -0.2) is 26.0 Å². The number of rotatable bonds is 8. The summed E-state index contributed by atoms with van der Waals surface area (Å²) in [5, 5.41) is 0. The molecule has 0 saturated carbocycles. The van der Waals surface area contributed by atoms with Gasteiger partial charge in [0, 0.05) is 11.1 Å². The van der Waals surface area contributed by atoms with Crippen molar-refractivity contribution in [2.45, 2.75) is 13.3 Å². The minimum absolute atomic E-state index is 0.0855. The van der Waals surface area contributed by atoms with Crippen molar-refractivity contribution in [2.75, 3.05) is 14.2 Å². The third-order valence-corrected chi connectivity index (χ3v) is 4.80. The molecule has 0 aliphatic rings. The lowest BCUT2D eigenvalue weighted by Crippen LogP contribution is -2.13. The molecule has 0 saturated heterocycles. The number of ether oxygens (including phenoxy) is 3. The summed E-state index contributed by atoms with van der Waals surface area (Å²) in [7, 11) is 2.75. The summed E-state index contributed by atoms with van der Waals surface area (Å²) in [6.45, 7) is 2.09. The molecule has 3 rings (SSSR count). The van der Waals surface area contributed by atoms with Crippen LogP contribution < -0.4 is 4.74 Å². The lowest BCUT2D eigenvalue weighted by molar-refractivity contribution is -0.133. The highest BCUT2D eigenvalue weighted by molar-refractivity contribution is 6.13. The van der Waals surface area contributed by atoms with Gasteiger partial charge in [-0.3, -0.25) is 4.79 Å². The molecule has 0 amide bonds. The normalized spacial score (nSPS) is 11.0. The molecule has 0 bridgehead atoms. The molecule has 158 valence electrons. The minimum atomic E-state index is -0.720. The molecule has 3 aromatic carbocycles. The zero-order valence-corrected chi connectivity index (χ0v) is 17.8. The van der Waals surface area contributed by atoms with Crippen molar-refractivity contribution in [2.24, 2.45) is 0 Å². The summed E-state index contributed by atoms with van der Waals surface area (Å²) in [5.41, 5.74) is 3.87. The molecule has 3 aromatic rings. The van der Waals surface area contributed by atoms with Gasteiger partial charge < -0.3 is 14.2 Å². The second-order valence-corrected chi connectivity index (χ2v) is 6.76. The van der Waals surface area contributed by atoms with Gasteiger partial charge in [-0.25, -0.2) is 4.79 Å². The van der Waals surface area contributed by atoms with E-state index < -0.39 is 5.97 Å². The standard InChI is InChI=1S/C26H24O5/c1-4-18-10-12-19(13-11-18)22-15-14-21(31-26(28)24(30-3)17-29-2)16-23(22)25(27)20-8-6-5-7-9-20/h5-17H,4H2,1-3H3. The van der Waals surface area contributed by atoms with Crippen molar-refractivity contribution in [1.82, 2.24) is 0 Å². The van der Waals surface area contributed by atoms with Gasteiger partial charge >= 0.3 is 5.97 Å². The van der Waals surface area contributed by atoms with Gasteiger partial charge in [0.1, 0.15) is 12.0 Å². The number of carbonyl (C=O) groups excluding carboxylic acids is 2. The van der Waals surface area contributed by atoms with Crippen LogP contribution in [0.2, 0.25) is 0 Å². The molecule has 0 spiro atoms. The topological polar surface area (TPSA) is 61.8 Å². The second kappa shape index (κ2) is 10.3. The summed E-state index contributed by atoms with van der Waals surface area (Å²) < 4.78 is 15.2. The lowest BCUT2D eigenvalue weighted by Gasteiger charge is -2.13. The summed E-state index contributed by atoms with van der Waals surface area (Å²) in [6, 6.07) is 22.1. The van der Waals surface area contributed by atoms with Gasteiger partial charge in [0.15, 0.2) is 5.78 Å². The molecule has 5 heteroatoms. The molecule has 31 heavy (non-hydrogen) atoms. The Bertz CT molecular complexity index is 1080. The van der Waals surface area contributed by atoms with Crippen molar-refractivity contribution in [3.8, 4) is 16.9 Å². The highest BCUT2D eigenvalue weighted by Gasteiger charge is 2.19. The Labute approximate surface area is 181 Å². The van der Waals surface area contributed by atoms with Crippen LogP contribution in [0.15, 0.2) is 84.8 Å². The molecule has 5 nitrogen and oxygen atoms in total. The molecule has 0 heterocycles. The smallest absolute Gasteiger partial charge is 0.382 e. The predicted molar refractivity (Wildman–Crippen MR) is 119 cm³/mol. The Morgan fingerprint density at radius 1 is 0.903 bits per heavy atom. The van der Waals surface area contributed by atoms with E-state index in [1.165, 1.54) is 19.8 Å². The quantitative estimate of drug-likeness (QED) is 0.166. The van der Waals surface area contributed by atoms with Gasteiger partial charge in [-0.2, -0.15) is 0 Å². The Kier molecular flexibility index (Phi) is 7.22. The van der Waals surface area contributed by atoms with E-state index in [4.69, 9.17) is 14.2 Å². The Hall–Kier alpha value is -3.86. The molecule has 0 aromatic heterocycles. The zero-order valence-electron chi connectivity index (χ0n) is 17.8. The van der Waals surface area contributed by atoms with E-state index in [0.29, 0.717) is 11.1 Å². The molecule has 0 N–H and O–H groups in total. The molecule has 0 unspecified atom stereocenters. The van der Waals surface area contributed by atoms with E-state index >= 15 is 0 Å². The van der Waals surface area contributed by atoms with Crippen molar-refractivity contribution < 1.29 is 23.8 Å². The van der Waals surface area contributed by atoms with Gasteiger partial charge in [-0.15, -0.1) is 0 Å². The number of aryl methyl sites for hydroxylation is 1. The maximum atomic E-state index is 13.3. The van der Waals surface area contributed by atoms with Crippen LogP contribution in [0.4, 0.5) is 0 Å². The number of esters is 1. The van der Waals surface area contributed by atoms with Crippen molar-refractivity contribution in [1.29, 1.82) is 0 Å². The van der Waals surface area contributed by atoms with Crippen molar-refractivity contribution in [3.63, 3.8) is 0 Å². The highest BCUT2D eigenvalue weighted by atomic mass is 16.6. The number of hydrogen-bond acceptors (Lipinski definition) is 5. The van der Waals surface area contributed by atoms with Gasteiger partial charge in [-0.05, 0) is 41.3 Å². The molecule has 0 aliphatic heterocycles. The van der Waals surface area contributed by atoms with Crippen LogP contribution >= 0.6 is 0 Å². The fraction of sp³-hybridized carbons (Fsp3) is 0.154. The average Bonchev–Trinajstić information content (AvgIpc) is 2.82. The summed E-state index contributed by atoms with van der Waals surface area (Å²) in [5.74, 6) is -0.732. The fourth-order valence-electron chi connectivity index (χ4n) is 3.14. The molecular formula is C26H24O5. The maximum absolute atomic E-state index is 13.3. The van der Waals surface area contributed by atoms with Crippen LogP contribution in [-0.2, 0) is 20.7 Å². The number of hydrogen-bond donors (Lipinski definition) is 0. The van der Waals surface area contributed by atoms with E-state index in [1.807, 2.05) is 42.5 Å². The molecular weight excluding hydrogens is 392 g/mol. The van der Waals surface area contributed by atoms with E-state index in [2.05, 4.69) is 6.92 Å². The summed E-state index contributed by atoms with van der Waals surface area (Å²) in [4.78, 5) is 25.6. The van der Waals surface area contributed by atoms with Crippen LogP contribution in [0.5, 0.6) is 5.75 Å². The lowest BCUT2D eigenvalue weighted by atomic mass is 9.93. The first-order chi connectivity index (χ1) is 15.1. The van der Waals surface area contributed by atoms with Gasteiger partial charge in [0.25, 0.3) is 0 Å². The number of benzene rings is 3. The highest BCUT2D eigenvalue weighted by Crippen LogP contribution is 2.30. The number of methoxy groups -OCH3 is 2. The molecule has 0 atom stereocenters. The largest absolute Gasteiger partial charge is 0.500 e. The zero-order chi connectivity index (χ0) is 22.2. The third-order valence-electron chi connectivity index (χ3n) is 4.80. The van der Waals surface area contributed by atoms with Gasteiger partial charge in [0.05, 0.1) is 14.2 Å². The van der Waals surface area contributed by atoms with E-state index in [0.717, 1.165) is 23.8 Å². The first kappa shape index (κ1) is 21.8. The first-order valence-electron chi connectivity index (χ1n) is 9.89. The van der Waals surface area contributed by atoms with Gasteiger partial charge in [0.2, 0.25) is 5.76 Å². The van der Waals surface area contributed by atoms with Crippen LogP contribution in [0, 0.1) is 0 Å². The van der Waals surface area contributed by atoms with Crippen LogP contribution in [0.25, 0.3) is 11.1 Å². The summed E-state index contributed by atoms with van der Waals surface area (Å²) >= 11 is 0. The molecule has 0 radical (unpaired) electrons. The number of carbonyl (C=O) groups is 2. The molecule has 0 fully saturated rings. The predicted octanol–water partition coefficient (Wildman–Crippen LogP) is 5.19. The second-order valence-electron chi connectivity index (χ2n) is 6.76. The fourth-order valence-corrected chi connectivity index (χ4v) is 3.14. The summed E-state index contributed by atoms with van der Waals surface area (Å²) in [6.07, 6.45) is 2.09. The Balaban J connectivity index is 2.04. The number of ketones is 1. The van der Waals surface area contributed by atoms with Crippen LogP contribution in [0.3, 0.4) is 0 Å². The maximum Gasteiger partial charge on any atom is 0.382 e. The van der Waals surface area contributed by atoms with E-state index in [1.54, 1.807) is 30.3 Å². The van der Waals surface area contributed by atoms with Crippen molar-refractivity contribution >= 4 is 11.8 Å². The Morgan fingerprint density at radius 3 is 2.23 bits per heavy atom. The monoisotopic (exact) mass is 416 g/mol. The van der Waals surface area contributed by atoms with Gasteiger partial charge in [-0.1, -0.05) is 61.5 Å². The Morgan fingerprint density at radius 2 is 1.61 bits per heavy atom. The average molecular weight is 416 g/mol. The van der Waals surface area contributed by atoms with Crippen molar-refractivity contribution in [3.05, 3.63) is 102 Å². The first-order valence-corrected chi connectivity index (χ1v) is 9.89. The van der Waals surface area contributed by atoms with E-state index in [9.17, 15) is 9.59 Å². The SMILES string of the molecule is CCc1ccc(-c2ccc(OC(=O)C(=COC)OC)cc2C(=O)c2ccccc2)cc1. The molecule has 0 aliphatic carbocycles. The third kappa shape index (κ3) is 5.20.